The molecule has 0 radical (unpaired) electrons. The zero-order chi connectivity index (χ0) is 21.6. The van der Waals surface area contributed by atoms with Gasteiger partial charge < -0.3 is 9.72 Å². The fourth-order valence-electron chi connectivity index (χ4n) is 4.47. The van der Waals surface area contributed by atoms with Gasteiger partial charge in [-0.05, 0) is 54.8 Å². The lowest BCUT2D eigenvalue weighted by Gasteiger charge is -2.35. The number of aryl methyl sites for hydroxylation is 1. The third-order valence-corrected chi connectivity index (χ3v) is 7.91. The average molecular weight is 433 g/mol. The lowest BCUT2D eigenvalue weighted by molar-refractivity contribution is 0.339. The molecule has 1 N–H and O–H groups in total. The van der Waals surface area contributed by atoms with Crippen LogP contribution in [0.5, 0.6) is 5.75 Å². The second-order valence-electron chi connectivity index (χ2n) is 7.92. The molecule has 0 amide bonds. The first-order valence-corrected chi connectivity index (χ1v) is 11.7. The van der Waals surface area contributed by atoms with E-state index < -0.39 is 16.1 Å². The first-order chi connectivity index (χ1) is 15.0. The van der Waals surface area contributed by atoms with E-state index in [1.54, 1.807) is 23.5 Å². The van der Waals surface area contributed by atoms with E-state index >= 15 is 0 Å². The average Bonchev–Trinajstić information content (AvgIpc) is 3.17. The van der Waals surface area contributed by atoms with E-state index in [9.17, 15) is 8.42 Å². The van der Waals surface area contributed by atoms with Gasteiger partial charge in [0, 0.05) is 23.1 Å². The van der Waals surface area contributed by atoms with Crippen molar-refractivity contribution in [1.29, 1.82) is 0 Å². The van der Waals surface area contributed by atoms with Gasteiger partial charge in [-0.25, -0.2) is 8.42 Å². The smallest absolute Gasteiger partial charge is 0.244 e. The summed E-state index contributed by atoms with van der Waals surface area (Å²) >= 11 is 0. The molecule has 6 heteroatoms. The molecule has 158 valence electrons. The normalized spacial score (nSPS) is 16.9. The second kappa shape index (κ2) is 7.55. The summed E-state index contributed by atoms with van der Waals surface area (Å²) in [4.78, 5) is 3.83. The molecular formula is C25H24N2O3S. The van der Waals surface area contributed by atoms with Crippen molar-refractivity contribution in [2.75, 3.05) is 13.7 Å². The number of para-hydroxylation sites is 1. The Morgan fingerprint density at radius 2 is 1.77 bits per heavy atom. The van der Waals surface area contributed by atoms with Crippen molar-refractivity contribution in [3.8, 4) is 5.75 Å². The van der Waals surface area contributed by atoms with Gasteiger partial charge in [-0.2, -0.15) is 4.31 Å². The van der Waals surface area contributed by atoms with Crippen molar-refractivity contribution in [2.24, 2.45) is 0 Å². The number of rotatable bonds is 4. The molecule has 0 fully saturated rings. The third kappa shape index (κ3) is 3.32. The lowest BCUT2D eigenvalue weighted by Crippen LogP contribution is -2.40. The van der Waals surface area contributed by atoms with Gasteiger partial charge in [0.1, 0.15) is 5.75 Å². The van der Waals surface area contributed by atoms with E-state index in [0.29, 0.717) is 23.6 Å². The van der Waals surface area contributed by atoms with Gasteiger partial charge in [-0.3, -0.25) is 0 Å². The third-order valence-electron chi connectivity index (χ3n) is 6.03. The Balaban J connectivity index is 1.71. The molecule has 4 aromatic rings. The minimum absolute atomic E-state index is 0.311. The predicted octanol–water partition coefficient (Wildman–Crippen LogP) is 4.82. The van der Waals surface area contributed by atoms with Gasteiger partial charge in [0.2, 0.25) is 10.0 Å². The minimum Gasteiger partial charge on any atom is -0.497 e. The van der Waals surface area contributed by atoms with Gasteiger partial charge in [-0.1, -0.05) is 48.0 Å². The highest BCUT2D eigenvalue weighted by atomic mass is 32.2. The fraction of sp³-hybridized carbons (Fsp3) is 0.200. The molecule has 1 aliphatic rings. The topological polar surface area (TPSA) is 62.4 Å². The number of methoxy groups -OCH3 is 1. The lowest BCUT2D eigenvalue weighted by atomic mass is 9.94. The molecule has 0 aliphatic carbocycles. The first-order valence-electron chi connectivity index (χ1n) is 10.3. The number of benzene rings is 3. The molecule has 0 bridgehead atoms. The van der Waals surface area contributed by atoms with Gasteiger partial charge >= 0.3 is 0 Å². The van der Waals surface area contributed by atoms with Gasteiger partial charge in [0.05, 0.1) is 18.0 Å². The minimum atomic E-state index is -3.70. The quantitative estimate of drug-likeness (QED) is 0.503. The monoisotopic (exact) mass is 432 g/mol. The molecule has 0 spiro atoms. The van der Waals surface area contributed by atoms with E-state index in [0.717, 1.165) is 27.7 Å². The van der Waals surface area contributed by atoms with Crippen LogP contribution in [0.4, 0.5) is 0 Å². The van der Waals surface area contributed by atoms with Crippen molar-refractivity contribution in [3.05, 3.63) is 95.2 Å². The Kier molecular flexibility index (Phi) is 4.84. The highest BCUT2D eigenvalue weighted by Gasteiger charge is 2.39. The van der Waals surface area contributed by atoms with E-state index in [-0.39, 0.29) is 0 Å². The van der Waals surface area contributed by atoms with E-state index in [1.165, 1.54) is 5.56 Å². The van der Waals surface area contributed by atoms with Crippen LogP contribution in [-0.2, 0) is 16.4 Å². The fourth-order valence-corrected chi connectivity index (χ4v) is 6.05. The molecule has 1 aliphatic heterocycles. The zero-order valence-corrected chi connectivity index (χ0v) is 18.3. The molecule has 1 unspecified atom stereocenters. The van der Waals surface area contributed by atoms with Crippen LogP contribution in [0.2, 0.25) is 0 Å². The number of ether oxygens (including phenoxy) is 1. The molecule has 3 aromatic carbocycles. The van der Waals surface area contributed by atoms with Crippen LogP contribution in [0.1, 0.15) is 28.4 Å². The van der Waals surface area contributed by atoms with Crippen molar-refractivity contribution >= 4 is 20.9 Å². The van der Waals surface area contributed by atoms with Gasteiger partial charge in [-0.15, -0.1) is 0 Å². The summed E-state index contributed by atoms with van der Waals surface area (Å²) in [5, 5.41) is 1.15. The van der Waals surface area contributed by atoms with Crippen LogP contribution in [0.25, 0.3) is 10.9 Å². The van der Waals surface area contributed by atoms with Crippen molar-refractivity contribution in [3.63, 3.8) is 0 Å². The first kappa shape index (κ1) is 19.8. The second-order valence-corrected chi connectivity index (χ2v) is 9.81. The largest absolute Gasteiger partial charge is 0.497 e. The molecule has 0 saturated carbocycles. The molecule has 5 nitrogen and oxygen atoms in total. The molecular weight excluding hydrogens is 408 g/mol. The Hall–Kier alpha value is -3.09. The van der Waals surface area contributed by atoms with E-state index in [4.69, 9.17) is 4.74 Å². The molecule has 1 aromatic heterocycles. The van der Waals surface area contributed by atoms with Crippen LogP contribution in [-0.4, -0.2) is 31.4 Å². The van der Waals surface area contributed by atoms with Crippen LogP contribution >= 0.6 is 0 Å². The number of nitrogens with zero attached hydrogens (tertiary/aromatic N) is 1. The molecule has 2 heterocycles. The van der Waals surface area contributed by atoms with E-state index in [2.05, 4.69) is 11.1 Å². The Morgan fingerprint density at radius 3 is 2.55 bits per heavy atom. The van der Waals surface area contributed by atoms with Crippen LogP contribution in [0.15, 0.2) is 77.7 Å². The molecule has 5 rings (SSSR count). The SMILES string of the molecule is COc1cccc(C2c3[nH]c4ccccc4c3CCN2S(=O)(=O)c2ccc(C)cc2)c1. The van der Waals surface area contributed by atoms with Crippen molar-refractivity contribution in [1.82, 2.24) is 9.29 Å². The number of nitrogens with one attached hydrogen (secondary N) is 1. The number of fused-ring (bicyclic) bond motifs is 3. The molecule has 0 saturated heterocycles. The summed E-state index contributed by atoms with van der Waals surface area (Å²) in [5.74, 6) is 0.702. The molecule has 1 atom stereocenters. The number of aromatic nitrogens is 1. The summed E-state index contributed by atoms with van der Waals surface area (Å²) in [6.07, 6.45) is 0.658. The van der Waals surface area contributed by atoms with Crippen LogP contribution in [0.3, 0.4) is 0 Å². The van der Waals surface area contributed by atoms with Gasteiger partial charge in [0.15, 0.2) is 0 Å². The number of hydrogen-bond acceptors (Lipinski definition) is 3. The Bertz CT molecular complexity index is 1360. The van der Waals surface area contributed by atoms with Crippen LogP contribution in [0, 0.1) is 6.92 Å². The Morgan fingerprint density at radius 1 is 1.00 bits per heavy atom. The molecule has 31 heavy (non-hydrogen) atoms. The number of aromatic amines is 1. The van der Waals surface area contributed by atoms with Crippen molar-refractivity contribution in [2.45, 2.75) is 24.3 Å². The number of H-pyrrole nitrogens is 1. The number of sulfonamides is 1. The highest BCUT2D eigenvalue weighted by molar-refractivity contribution is 7.89. The summed E-state index contributed by atoms with van der Waals surface area (Å²) in [6.45, 7) is 2.36. The Labute approximate surface area is 182 Å². The summed E-state index contributed by atoms with van der Waals surface area (Å²) in [5.41, 5.74) is 5.03. The summed E-state index contributed by atoms with van der Waals surface area (Å²) in [6, 6.07) is 22.4. The maximum atomic E-state index is 13.7. The maximum absolute atomic E-state index is 13.7. The van der Waals surface area contributed by atoms with E-state index in [1.807, 2.05) is 61.5 Å². The summed E-state index contributed by atoms with van der Waals surface area (Å²) < 4.78 is 34.5. The van der Waals surface area contributed by atoms with Gasteiger partial charge in [0.25, 0.3) is 0 Å². The predicted molar refractivity (Wildman–Crippen MR) is 122 cm³/mol. The van der Waals surface area contributed by atoms with Crippen molar-refractivity contribution < 1.29 is 13.2 Å². The maximum Gasteiger partial charge on any atom is 0.244 e. The standard InChI is InChI=1S/C25H24N2O3S/c1-17-10-12-20(13-11-17)31(28,29)27-15-14-22-21-8-3-4-9-23(21)26-24(22)25(27)18-6-5-7-19(16-18)30-2/h3-13,16,25-26H,14-15H2,1-2H3. The highest BCUT2D eigenvalue weighted by Crippen LogP contribution is 2.41. The zero-order valence-electron chi connectivity index (χ0n) is 17.5. The summed E-state index contributed by atoms with van der Waals surface area (Å²) in [7, 11) is -2.08. The number of hydrogen-bond donors (Lipinski definition) is 1. The van der Waals surface area contributed by atoms with Crippen LogP contribution < -0.4 is 4.74 Å².